The monoisotopic (exact) mass is 388 g/mol. The molecule has 2 heterocycles. The van der Waals surface area contributed by atoms with E-state index in [1.165, 1.54) is 11.3 Å². The van der Waals surface area contributed by atoms with Crippen molar-refractivity contribution < 1.29 is 19.1 Å². The second-order valence-electron chi connectivity index (χ2n) is 6.50. The molecule has 144 valence electrons. The highest BCUT2D eigenvalue weighted by Gasteiger charge is 2.30. The first kappa shape index (κ1) is 19.2. The van der Waals surface area contributed by atoms with Gasteiger partial charge in [-0.15, -0.1) is 11.3 Å². The van der Waals surface area contributed by atoms with Gasteiger partial charge in [0.1, 0.15) is 0 Å². The molecule has 1 saturated heterocycles. The molecule has 1 atom stereocenters. The number of carbonyl (C=O) groups excluding carboxylic acids is 2. The van der Waals surface area contributed by atoms with E-state index in [0.717, 1.165) is 29.8 Å². The molecule has 0 radical (unpaired) electrons. The van der Waals surface area contributed by atoms with E-state index in [9.17, 15) is 9.59 Å². The molecule has 27 heavy (non-hydrogen) atoms. The predicted octanol–water partition coefficient (Wildman–Crippen LogP) is 3.16. The SMILES string of the molecule is COc1ccc(CCC(=O)N2CCCC2c2ccc(C(N)=O)s2)cc1OC. The van der Waals surface area contributed by atoms with Crippen molar-refractivity contribution in [3.05, 3.63) is 45.6 Å². The molecule has 1 aliphatic rings. The molecule has 1 unspecified atom stereocenters. The van der Waals surface area contributed by atoms with E-state index in [1.54, 1.807) is 20.3 Å². The van der Waals surface area contributed by atoms with Gasteiger partial charge in [0.05, 0.1) is 25.1 Å². The third kappa shape index (κ3) is 4.24. The van der Waals surface area contributed by atoms with Crippen LogP contribution in [0, 0.1) is 0 Å². The van der Waals surface area contributed by atoms with Crippen LogP contribution in [0.1, 0.15) is 45.4 Å². The molecule has 0 aliphatic carbocycles. The molecule has 6 nitrogen and oxygen atoms in total. The molecule has 2 N–H and O–H groups in total. The van der Waals surface area contributed by atoms with Crippen LogP contribution in [0.5, 0.6) is 11.5 Å². The number of benzene rings is 1. The Balaban J connectivity index is 1.65. The molecule has 0 saturated carbocycles. The highest BCUT2D eigenvalue weighted by atomic mass is 32.1. The quantitative estimate of drug-likeness (QED) is 0.790. The Bertz CT molecular complexity index is 833. The Morgan fingerprint density at radius 3 is 2.63 bits per heavy atom. The number of carbonyl (C=O) groups is 2. The van der Waals surface area contributed by atoms with Crippen LogP contribution < -0.4 is 15.2 Å². The largest absolute Gasteiger partial charge is 0.493 e. The molecular formula is C20H24N2O4S. The van der Waals surface area contributed by atoms with Gasteiger partial charge in [0.2, 0.25) is 5.91 Å². The molecule has 7 heteroatoms. The zero-order chi connectivity index (χ0) is 19.4. The minimum absolute atomic E-state index is 0.0426. The van der Waals surface area contributed by atoms with E-state index in [1.807, 2.05) is 29.2 Å². The van der Waals surface area contributed by atoms with Crippen LogP contribution >= 0.6 is 11.3 Å². The number of thiophene rings is 1. The third-order valence-corrected chi connectivity index (χ3v) is 6.05. The molecule has 1 aromatic heterocycles. The van der Waals surface area contributed by atoms with Crippen molar-refractivity contribution in [3.63, 3.8) is 0 Å². The number of amides is 2. The lowest BCUT2D eigenvalue weighted by Gasteiger charge is -2.24. The highest BCUT2D eigenvalue weighted by molar-refractivity contribution is 7.14. The first-order valence-corrected chi connectivity index (χ1v) is 9.75. The summed E-state index contributed by atoms with van der Waals surface area (Å²) in [5, 5.41) is 0. The van der Waals surface area contributed by atoms with E-state index in [2.05, 4.69) is 0 Å². The van der Waals surface area contributed by atoms with Crippen molar-refractivity contribution in [3.8, 4) is 11.5 Å². The molecule has 2 aromatic rings. The minimum Gasteiger partial charge on any atom is -0.493 e. The Morgan fingerprint density at radius 2 is 1.96 bits per heavy atom. The summed E-state index contributed by atoms with van der Waals surface area (Å²) in [5.41, 5.74) is 6.38. The summed E-state index contributed by atoms with van der Waals surface area (Å²) in [5.74, 6) is 1.05. The van der Waals surface area contributed by atoms with Crippen molar-refractivity contribution in [2.45, 2.75) is 31.7 Å². The van der Waals surface area contributed by atoms with Gasteiger partial charge in [0, 0.05) is 17.8 Å². The average Bonchev–Trinajstić information content (AvgIpc) is 3.34. The van der Waals surface area contributed by atoms with Crippen molar-refractivity contribution in [2.24, 2.45) is 5.73 Å². The lowest BCUT2D eigenvalue weighted by Crippen LogP contribution is -2.30. The van der Waals surface area contributed by atoms with E-state index >= 15 is 0 Å². The number of hydrogen-bond donors (Lipinski definition) is 1. The minimum atomic E-state index is -0.421. The molecular weight excluding hydrogens is 364 g/mol. The van der Waals surface area contributed by atoms with Gasteiger partial charge in [-0.05, 0) is 49.1 Å². The number of aryl methyl sites for hydroxylation is 1. The zero-order valence-corrected chi connectivity index (χ0v) is 16.4. The van der Waals surface area contributed by atoms with Crippen molar-refractivity contribution in [1.82, 2.24) is 4.90 Å². The zero-order valence-electron chi connectivity index (χ0n) is 15.6. The topological polar surface area (TPSA) is 81.9 Å². The number of rotatable bonds is 7. The van der Waals surface area contributed by atoms with Gasteiger partial charge in [0.25, 0.3) is 5.91 Å². The standard InChI is InChI=1S/C20H24N2O4S/c1-25-15-7-5-13(12-16(15)26-2)6-10-19(23)22-11-3-4-14(22)17-8-9-18(27-17)20(21)24/h5,7-9,12,14H,3-4,6,10-11H2,1-2H3,(H2,21,24). The Kier molecular flexibility index (Phi) is 6.01. The molecule has 1 fully saturated rings. The number of ether oxygens (including phenoxy) is 2. The fraction of sp³-hybridized carbons (Fsp3) is 0.400. The summed E-state index contributed by atoms with van der Waals surface area (Å²) in [4.78, 5) is 27.6. The van der Waals surface area contributed by atoms with Gasteiger partial charge >= 0.3 is 0 Å². The summed E-state index contributed by atoms with van der Waals surface area (Å²) < 4.78 is 10.6. The lowest BCUT2D eigenvalue weighted by atomic mass is 10.1. The molecule has 2 amide bonds. The van der Waals surface area contributed by atoms with Gasteiger partial charge in [-0.3, -0.25) is 9.59 Å². The second-order valence-corrected chi connectivity index (χ2v) is 7.62. The predicted molar refractivity (Wildman–Crippen MR) is 104 cm³/mol. The maximum Gasteiger partial charge on any atom is 0.258 e. The molecule has 0 spiro atoms. The molecule has 3 rings (SSSR count). The Labute approximate surface area is 162 Å². The van der Waals surface area contributed by atoms with Gasteiger partial charge in [-0.1, -0.05) is 6.07 Å². The molecule has 0 bridgehead atoms. The van der Waals surface area contributed by atoms with E-state index in [-0.39, 0.29) is 11.9 Å². The van der Waals surface area contributed by atoms with E-state index < -0.39 is 5.91 Å². The normalized spacial score (nSPS) is 16.4. The summed E-state index contributed by atoms with van der Waals surface area (Å²) in [6, 6.07) is 9.41. The van der Waals surface area contributed by atoms with Crippen LogP contribution in [0.4, 0.5) is 0 Å². The van der Waals surface area contributed by atoms with Gasteiger partial charge in [-0.25, -0.2) is 0 Å². The first-order chi connectivity index (χ1) is 13.0. The van der Waals surface area contributed by atoms with Crippen LogP contribution in [0.3, 0.4) is 0 Å². The third-order valence-electron chi connectivity index (χ3n) is 4.85. The second kappa shape index (κ2) is 8.43. The van der Waals surface area contributed by atoms with Crippen LogP contribution in [0.2, 0.25) is 0 Å². The number of methoxy groups -OCH3 is 2. The van der Waals surface area contributed by atoms with E-state index in [0.29, 0.717) is 29.2 Å². The van der Waals surface area contributed by atoms with Crippen LogP contribution in [-0.2, 0) is 11.2 Å². The van der Waals surface area contributed by atoms with Crippen molar-refractivity contribution >= 4 is 23.2 Å². The molecule has 1 aromatic carbocycles. The first-order valence-electron chi connectivity index (χ1n) is 8.93. The van der Waals surface area contributed by atoms with Crippen LogP contribution in [-0.4, -0.2) is 37.5 Å². The van der Waals surface area contributed by atoms with Gasteiger partial charge in [0.15, 0.2) is 11.5 Å². The van der Waals surface area contributed by atoms with Gasteiger partial charge in [-0.2, -0.15) is 0 Å². The van der Waals surface area contributed by atoms with Gasteiger partial charge < -0.3 is 20.1 Å². The Morgan fingerprint density at radius 1 is 1.19 bits per heavy atom. The number of hydrogen-bond acceptors (Lipinski definition) is 5. The summed E-state index contributed by atoms with van der Waals surface area (Å²) in [6.45, 7) is 0.749. The lowest BCUT2D eigenvalue weighted by molar-refractivity contribution is -0.132. The molecule has 1 aliphatic heterocycles. The fourth-order valence-corrected chi connectivity index (χ4v) is 4.46. The van der Waals surface area contributed by atoms with Crippen LogP contribution in [0.15, 0.2) is 30.3 Å². The fourth-order valence-electron chi connectivity index (χ4n) is 3.46. The number of nitrogens with two attached hydrogens (primary N) is 1. The van der Waals surface area contributed by atoms with Crippen LogP contribution in [0.25, 0.3) is 0 Å². The number of nitrogens with zero attached hydrogens (tertiary/aromatic N) is 1. The average molecular weight is 388 g/mol. The van der Waals surface area contributed by atoms with E-state index in [4.69, 9.17) is 15.2 Å². The summed E-state index contributed by atoms with van der Waals surface area (Å²) in [6.07, 6.45) is 2.96. The smallest absolute Gasteiger partial charge is 0.258 e. The summed E-state index contributed by atoms with van der Waals surface area (Å²) >= 11 is 1.38. The maximum atomic E-state index is 12.8. The highest BCUT2D eigenvalue weighted by Crippen LogP contribution is 2.36. The Hall–Kier alpha value is -2.54. The number of primary amides is 1. The summed E-state index contributed by atoms with van der Waals surface area (Å²) in [7, 11) is 3.20. The van der Waals surface area contributed by atoms with Crippen molar-refractivity contribution in [2.75, 3.05) is 20.8 Å². The van der Waals surface area contributed by atoms with Crippen molar-refractivity contribution in [1.29, 1.82) is 0 Å². The number of likely N-dealkylation sites (tertiary alicyclic amines) is 1. The maximum absolute atomic E-state index is 12.8.